The zero-order valence-electron chi connectivity index (χ0n) is 9.58. The third kappa shape index (κ3) is 3.95. The van der Waals surface area contributed by atoms with E-state index >= 15 is 0 Å². The number of ether oxygens (including phenoxy) is 1. The molecule has 0 aliphatic heterocycles. The van der Waals surface area contributed by atoms with Gasteiger partial charge in [-0.15, -0.1) is 0 Å². The average molecular weight is 201 g/mol. The number of hydrogen-bond acceptors (Lipinski definition) is 3. The molecule has 0 amide bonds. The second kappa shape index (κ2) is 6.38. The zero-order valence-corrected chi connectivity index (χ0v) is 9.58. The van der Waals surface area contributed by atoms with Gasteiger partial charge in [0.15, 0.2) is 0 Å². The van der Waals surface area contributed by atoms with Crippen molar-refractivity contribution in [1.29, 1.82) is 0 Å². The van der Waals surface area contributed by atoms with Crippen molar-refractivity contribution in [2.45, 2.75) is 39.2 Å². The van der Waals surface area contributed by atoms with Crippen LogP contribution < -0.4 is 5.48 Å². The Hall–Kier alpha value is -0.120. The molecule has 3 atom stereocenters. The molecule has 1 saturated carbocycles. The Balaban J connectivity index is 2.07. The molecule has 0 heterocycles. The molecular weight excluding hydrogens is 178 g/mol. The number of nitrogens with one attached hydrogen (secondary N) is 1. The van der Waals surface area contributed by atoms with Gasteiger partial charge in [-0.05, 0) is 31.1 Å². The molecule has 0 aromatic carbocycles. The van der Waals surface area contributed by atoms with Gasteiger partial charge >= 0.3 is 0 Å². The highest BCUT2D eigenvalue weighted by Crippen LogP contribution is 2.29. The van der Waals surface area contributed by atoms with Crippen LogP contribution in [0.2, 0.25) is 0 Å². The van der Waals surface area contributed by atoms with Gasteiger partial charge in [-0.1, -0.05) is 13.8 Å². The van der Waals surface area contributed by atoms with Crippen LogP contribution in [0.3, 0.4) is 0 Å². The number of rotatable bonds is 5. The lowest BCUT2D eigenvalue weighted by Gasteiger charge is -2.32. The van der Waals surface area contributed by atoms with E-state index in [-0.39, 0.29) is 0 Å². The van der Waals surface area contributed by atoms with E-state index in [0.29, 0.717) is 19.3 Å². The topological polar surface area (TPSA) is 30.5 Å². The minimum Gasteiger partial charge on any atom is -0.382 e. The fourth-order valence-corrected chi connectivity index (χ4v) is 1.96. The Morgan fingerprint density at radius 3 is 2.57 bits per heavy atom. The molecule has 0 spiro atoms. The summed E-state index contributed by atoms with van der Waals surface area (Å²) in [7, 11) is 1.69. The van der Waals surface area contributed by atoms with Crippen LogP contribution in [0.5, 0.6) is 0 Å². The van der Waals surface area contributed by atoms with Crippen LogP contribution in [0, 0.1) is 11.8 Å². The van der Waals surface area contributed by atoms with E-state index in [1.165, 1.54) is 19.3 Å². The molecule has 0 saturated heterocycles. The molecule has 1 N–H and O–H groups in total. The Labute approximate surface area is 87.1 Å². The lowest BCUT2D eigenvalue weighted by molar-refractivity contribution is -0.0253. The fourth-order valence-electron chi connectivity index (χ4n) is 1.96. The van der Waals surface area contributed by atoms with E-state index in [1.54, 1.807) is 7.11 Å². The van der Waals surface area contributed by atoms with Gasteiger partial charge in [0.2, 0.25) is 0 Å². The van der Waals surface area contributed by atoms with Crippen molar-refractivity contribution in [3.05, 3.63) is 0 Å². The van der Waals surface area contributed by atoms with Gasteiger partial charge in [0.25, 0.3) is 0 Å². The first-order valence-electron chi connectivity index (χ1n) is 5.60. The number of methoxy groups -OCH3 is 1. The highest BCUT2D eigenvalue weighted by Gasteiger charge is 2.24. The summed E-state index contributed by atoms with van der Waals surface area (Å²) in [6, 6.07) is 0.540. The van der Waals surface area contributed by atoms with Crippen LogP contribution in [0.15, 0.2) is 0 Å². The maximum Gasteiger partial charge on any atom is 0.0915 e. The quantitative estimate of drug-likeness (QED) is 0.545. The number of hydroxylamine groups is 1. The Bertz CT molecular complexity index is 152. The summed E-state index contributed by atoms with van der Waals surface area (Å²) in [4.78, 5) is 5.32. The lowest BCUT2D eigenvalue weighted by atomic mass is 9.79. The van der Waals surface area contributed by atoms with Crippen LogP contribution in [0.1, 0.15) is 33.1 Å². The first-order chi connectivity index (χ1) is 6.74. The average Bonchev–Trinajstić information content (AvgIpc) is 2.18. The molecule has 1 aliphatic carbocycles. The van der Waals surface area contributed by atoms with E-state index in [0.717, 1.165) is 11.8 Å². The van der Waals surface area contributed by atoms with Gasteiger partial charge in [-0.25, -0.2) is 0 Å². The van der Waals surface area contributed by atoms with E-state index in [2.05, 4.69) is 19.3 Å². The summed E-state index contributed by atoms with van der Waals surface area (Å²) in [5, 5.41) is 0. The van der Waals surface area contributed by atoms with Crippen LogP contribution in [-0.2, 0) is 9.57 Å². The highest BCUT2D eigenvalue weighted by molar-refractivity contribution is 4.77. The first-order valence-corrected chi connectivity index (χ1v) is 5.60. The maximum atomic E-state index is 5.32. The molecule has 0 radical (unpaired) electrons. The van der Waals surface area contributed by atoms with E-state index < -0.39 is 0 Å². The minimum atomic E-state index is 0.540. The lowest BCUT2D eigenvalue weighted by Crippen LogP contribution is -2.36. The highest BCUT2D eigenvalue weighted by atomic mass is 16.7. The van der Waals surface area contributed by atoms with Crippen molar-refractivity contribution in [2.75, 3.05) is 20.3 Å². The molecule has 84 valence electrons. The smallest absolute Gasteiger partial charge is 0.0915 e. The van der Waals surface area contributed by atoms with Crippen molar-refractivity contribution in [3.8, 4) is 0 Å². The van der Waals surface area contributed by atoms with E-state index in [9.17, 15) is 0 Å². The summed E-state index contributed by atoms with van der Waals surface area (Å²) in [5.41, 5.74) is 3.13. The molecule has 3 nitrogen and oxygen atoms in total. The molecule has 14 heavy (non-hydrogen) atoms. The van der Waals surface area contributed by atoms with Gasteiger partial charge in [-0.3, -0.25) is 4.84 Å². The number of hydrogen-bond donors (Lipinski definition) is 1. The third-order valence-electron chi connectivity index (χ3n) is 3.24. The summed E-state index contributed by atoms with van der Waals surface area (Å²) >= 11 is 0. The van der Waals surface area contributed by atoms with Crippen molar-refractivity contribution >= 4 is 0 Å². The summed E-state index contributed by atoms with van der Waals surface area (Å²) in [5.74, 6) is 1.68. The minimum absolute atomic E-state index is 0.540. The van der Waals surface area contributed by atoms with Crippen molar-refractivity contribution < 1.29 is 9.57 Å². The Kier molecular flexibility index (Phi) is 5.45. The van der Waals surface area contributed by atoms with Gasteiger partial charge < -0.3 is 4.74 Å². The molecule has 0 bridgehead atoms. The second-order valence-corrected chi connectivity index (χ2v) is 4.42. The normalized spacial score (nSPS) is 33.2. The molecule has 1 rings (SSSR count). The van der Waals surface area contributed by atoms with Gasteiger partial charge in [-0.2, -0.15) is 5.48 Å². The molecular formula is C11H23NO2. The third-order valence-corrected chi connectivity index (χ3v) is 3.24. The monoisotopic (exact) mass is 201 g/mol. The van der Waals surface area contributed by atoms with Gasteiger partial charge in [0.05, 0.1) is 13.2 Å². The summed E-state index contributed by atoms with van der Waals surface area (Å²) in [6.45, 7) is 5.96. The first kappa shape index (κ1) is 12.0. The SMILES string of the molecule is COCCONC1CCC(C)C(C)C1. The maximum absolute atomic E-state index is 5.32. The zero-order chi connectivity index (χ0) is 10.4. The van der Waals surface area contributed by atoms with Crippen molar-refractivity contribution in [3.63, 3.8) is 0 Å². The Morgan fingerprint density at radius 2 is 1.93 bits per heavy atom. The molecule has 1 fully saturated rings. The van der Waals surface area contributed by atoms with E-state index in [4.69, 9.17) is 9.57 Å². The molecule has 0 aromatic rings. The predicted molar refractivity (Wildman–Crippen MR) is 56.9 cm³/mol. The Morgan fingerprint density at radius 1 is 1.14 bits per heavy atom. The fraction of sp³-hybridized carbons (Fsp3) is 1.00. The van der Waals surface area contributed by atoms with Crippen LogP contribution in [-0.4, -0.2) is 26.4 Å². The van der Waals surface area contributed by atoms with Crippen molar-refractivity contribution in [2.24, 2.45) is 11.8 Å². The summed E-state index contributed by atoms with van der Waals surface area (Å²) < 4.78 is 4.90. The molecule has 1 aliphatic rings. The molecule has 3 unspecified atom stereocenters. The van der Waals surface area contributed by atoms with Crippen LogP contribution in [0.25, 0.3) is 0 Å². The van der Waals surface area contributed by atoms with Gasteiger partial charge in [0.1, 0.15) is 0 Å². The largest absolute Gasteiger partial charge is 0.382 e. The molecule has 3 heteroatoms. The second-order valence-electron chi connectivity index (χ2n) is 4.42. The van der Waals surface area contributed by atoms with Gasteiger partial charge in [0, 0.05) is 13.2 Å². The van der Waals surface area contributed by atoms with Crippen LogP contribution in [0.4, 0.5) is 0 Å². The predicted octanol–water partition coefficient (Wildman–Crippen LogP) is 1.98. The summed E-state index contributed by atoms with van der Waals surface area (Å²) in [6.07, 6.45) is 3.78. The van der Waals surface area contributed by atoms with E-state index in [1.807, 2.05) is 0 Å². The molecule has 0 aromatic heterocycles. The standard InChI is InChI=1S/C11H23NO2/c1-9-4-5-11(8-10(9)2)12-14-7-6-13-3/h9-12H,4-8H2,1-3H3. The van der Waals surface area contributed by atoms with Crippen molar-refractivity contribution in [1.82, 2.24) is 5.48 Å². The van der Waals surface area contributed by atoms with Crippen LogP contribution >= 0.6 is 0 Å².